The molecular weight excluding hydrogens is 242 g/mol. The molecule has 1 atom stereocenters. The van der Waals surface area contributed by atoms with E-state index >= 15 is 0 Å². The third-order valence-electron chi connectivity index (χ3n) is 3.50. The van der Waals surface area contributed by atoms with Crippen LogP contribution in [-0.2, 0) is 22.4 Å². The van der Waals surface area contributed by atoms with Gasteiger partial charge < -0.3 is 15.2 Å². The quantitative estimate of drug-likeness (QED) is 0.821. The summed E-state index contributed by atoms with van der Waals surface area (Å²) >= 11 is 0. The highest BCUT2D eigenvalue weighted by atomic mass is 16.6. The van der Waals surface area contributed by atoms with Crippen molar-refractivity contribution in [1.29, 1.82) is 0 Å². The molecule has 19 heavy (non-hydrogen) atoms. The molecule has 0 bridgehead atoms. The van der Waals surface area contributed by atoms with Crippen LogP contribution < -0.4 is 10.5 Å². The van der Waals surface area contributed by atoms with E-state index in [1.807, 2.05) is 12.1 Å². The van der Waals surface area contributed by atoms with Crippen LogP contribution in [0, 0.1) is 5.92 Å². The fourth-order valence-corrected chi connectivity index (χ4v) is 2.44. The summed E-state index contributed by atoms with van der Waals surface area (Å²) in [5.41, 5.74) is 8.40. The van der Waals surface area contributed by atoms with Crippen LogP contribution >= 0.6 is 0 Å². The number of carbonyl (C=O) groups excluding carboxylic acids is 1. The molecule has 0 aromatic heterocycles. The first kappa shape index (κ1) is 13.9. The van der Waals surface area contributed by atoms with Crippen LogP contribution in [0.2, 0.25) is 0 Å². The van der Waals surface area contributed by atoms with Gasteiger partial charge in [0.2, 0.25) is 0 Å². The van der Waals surface area contributed by atoms with E-state index in [0.29, 0.717) is 12.5 Å². The molecule has 0 unspecified atom stereocenters. The maximum Gasteiger partial charge on any atom is 0.344 e. The SMILES string of the molecule is CCOC(=O)COc1ccc2c(c1)C[C@H](CN)CC2. The lowest BCUT2D eigenvalue weighted by atomic mass is 9.84. The van der Waals surface area contributed by atoms with E-state index in [-0.39, 0.29) is 12.6 Å². The van der Waals surface area contributed by atoms with Crippen molar-refractivity contribution in [3.8, 4) is 5.75 Å². The Labute approximate surface area is 113 Å². The lowest BCUT2D eigenvalue weighted by Gasteiger charge is -2.23. The number of hydrogen-bond acceptors (Lipinski definition) is 4. The van der Waals surface area contributed by atoms with Crippen molar-refractivity contribution in [2.75, 3.05) is 19.8 Å². The topological polar surface area (TPSA) is 61.5 Å². The highest BCUT2D eigenvalue weighted by Crippen LogP contribution is 2.28. The van der Waals surface area contributed by atoms with Gasteiger partial charge in [-0.15, -0.1) is 0 Å². The fraction of sp³-hybridized carbons (Fsp3) is 0.533. The second kappa shape index (κ2) is 6.57. The van der Waals surface area contributed by atoms with Gasteiger partial charge in [-0.05, 0) is 61.9 Å². The lowest BCUT2D eigenvalue weighted by Crippen LogP contribution is -2.22. The van der Waals surface area contributed by atoms with Crippen molar-refractivity contribution >= 4 is 5.97 Å². The summed E-state index contributed by atoms with van der Waals surface area (Å²) in [6, 6.07) is 6.03. The summed E-state index contributed by atoms with van der Waals surface area (Å²) in [6.45, 7) is 2.86. The Bertz CT molecular complexity index is 445. The van der Waals surface area contributed by atoms with Gasteiger partial charge in [-0.25, -0.2) is 4.79 Å². The Kier molecular flexibility index (Phi) is 4.80. The molecule has 1 aromatic rings. The molecule has 4 nitrogen and oxygen atoms in total. The summed E-state index contributed by atoms with van der Waals surface area (Å²) in [7, 11) is 0. The van der Waals surface area contributed by atoms with Crippen molar-refractivity contribution in [3.63, 3.8) is 0 Å². The second-order valence-electron chi connectivity index (χ2n) is 4.87. The molecule has 0 aliphatic heterocycles. The molecule has 0 spiro atoms. The molecule has 0 saturated carbocycles. The van der Waals surface area contributed by atoms with E-state index in [0.717, 1.165) is 31.6 Å². The van der Waals surface area contributed by atoms with Crippen molar-refractivity contribution in [3.05, 3.63) is 29.3 Å². The predicted octanol–water partition coefficient (Wildman–Crippen LogP) is 1.69. The summed E-state index contributed by atoms with van der Waals surface area (Å²) in [5.74, 6) is 0.956. The molecule has 0 radical (unpaired) electrons. The van der Waals surface area contributed by atoms with Gasteiger partial charge >= 0.3 is 5.97 Å². The van der Waals surface area contributed by atoms with Crippen LogP contribution in [0.3, 0.4) is 0 Å². The number of aryl methyl sites for hydroxylation is 1. The van der Waals surface area contributed by atoms with Gasteiger partial charge in [-0.3, -0.25) is 0 Å². The number of carbonyl (C=O) groups is 1. The maximum atomic E-state index is 11.2. The van der Waals surface area contributed by atoms with E-state index < -0.39 is 0 Å². The van der Waals surface area contributed by atoms with Gasteiger partial charge in [0.05, 0.1) is 6.61 Å². The lowest BCUT2D eigenvalue weighted by molar-refractivity contribution is -0.145. The van der Waals surface area contributed by atoms with Gasteiger partial charge in [-0.1, -0.05) is 6.07 Å². The largest absolute Gasteiger partial charge is 0.482 e. The van der Waals surface area contributed by atoms with E-state index in [9.17, 15) is 4.79 Å². The Balaban J connectivity index is 1.98. The number of hydrogen-bond donors (Lipinski definition) is 1. The molecule has 4 heteroatoms. The normalized spacial score (nSPS) is 17.7. The third-order valence-corrected chi connectivity index (χ3v) is 3.50. The number of ether oxygens (including phenoxy) is 2. The Morgan fingerprint density at radius 3 is 3.00 bits per heavy atom. The van der Waals surface area contributed by atoms with Gasteiger partial charge in [0, 0.05) is 0 Å². The van der Waals surface area contributed by atoms with E-state index in [4.69, 9.17) is 15.2 Å². The number of esters is 1. The molecule has 2 N–H and O–H groups in total. The van der Waals surface area contributed by atoms with Crippen molar-refractivity contribution in [1.82, 2.24) is 0 Å². The molecule has 104 valence electrons. The summed E-state index contributed by atoms with van der Waals surface area (Å²) in [5, 5.41) is 0. The van der Waals surface area contributed by atoms with Crippen molar-refractivity contribution < 1.29 is 14.3 Å². The Morgan fingerprint density at radius 1 is 1.42 bits per heavy atom. The number of rotatable bonds is 5. The molecule has 0 heterocycles. The monoisotopic (exact) mass is 263 g/mol. The molecule has 2 rings (SSSR count). The average molecular weight is 263 g/mol. The molecule has 1 aliphatic rings. The van der Waals surface area contributed by atoms with Crippen LogP contribution in [0.1, 0.15) is 24.5 Å². The fourth-order valence-electron chi connectivity index (χ4n) is 2.44. The smallest absolute Gasteiger partial charge is 0.344 e. The number of nitrogens with two attached hydrogens (primary N) is 1. The van der Waals surface area contributed by atoms with E-state index in [2.05, 4.69) is 6.07 Å². The number of benzene rings is 1. The zero-order valence-corrected chi connectivity index (χ0v) is 11.4. The number of fused-ring (bicyclic) bond motifs is 1. The van der Waals surface area contributed by atoms with Crippen molar-refractivity contribution in [2.24, 2.45) is 11.7 Å². The molecule has 0 saturated heterocycles. The zero-order chi connectivity index (χ0) is 13.7. The highest BCUT2D eigenvalue weighted by Gasteiger charge is 2.18. The van der Waals surface area contributed by atoms with Gasteiger partial charge in [0.25, 0.3) is 0 Å². The Morgan fingerprint density at radius 2 is 2.26 bits per heavy atom. The minimum Gasteiger partial charge on any atom is -0.482 e. The minimum atomic E-state index is -0.333. The average Bonchev–Trinajstić information content (AvgIpc) is 2.44. The highest BCUT2D eigenvalue weighted by molar-refractivity contribution is 5.71. The molecule has 1 aliphatic carbocycles. The van der Waals surface area contributed by atoms with E-state index in [1.54, 1.807) is 6.92 Å². The van der Waals surface area contributed by atoms with E-state index in [1.165, 1.54) is 11.1 Å². The van der Waals surface area contributed by atoms with Crippen LogP contribution in [0.25, 0.3) is 0 Å². The van der Waals surface area contributed by atoms with Crippen molar-refractivity contribution in [2.45, 2.75) is 26.2 Å². The summed E-state index contributed by atoms with van der Waals surface area (Å²) < 4.78 is 10.3. The van der Waals surface area contributed by atoms with Crippen LogP contribution in [0.15, 0.2) is 18.2 Å². The molecule has 0 amide bonds. The predicted molar refractivity (Wildman–Crippen MR) is 73.1 cm³/mol. The third kappa shape index (κ3) is 3.70. The molecule has 0 fully saturated rings. The standard InChI is InChI=1S/C15H21NO3/c1-2-18-15(17)10-19-14-6-5-12-4-3-11(9-16)7-13(12)8-14/h5-6,8,11H,2-4,7,9-10,16H2,1H3/t11-/m1/s1. The molecular formula is C15H21NO3. The molecule has 1 aromatic carbocycles. The zero-order valence-electron chi connectivity index (χ0n) is 11.4. The van der Waals surface area contributed by atoms with Gasteiger partial charge in [0.15, 0.2) is 6.61 Å². The Hall–Kier alpha value is -1.55. The minimum absolute atomic E-state index is 0.0348. The van der Waals surface area contributed by atoms with Gasteiger partial charge in [0.1, 0.15) is 5.75 Å². The first-order valence-electron chi connectivity index (χ1n) is 6.83. The van der Waals surface area contributed by atoms with Gasteiger partial charge in [-0.2, -0.15) is 0 Å². The first-order valence-corrected chi connectivity index (χ1v) is 6.83. The maximum absolute atomic E-state index is 11.2. The second-order valence-corrected chi connectivity index (χ2v) is 4.87. The first-order chi connectivity index (χ1) is 9.22. The summed E-state index contributed by atoms with van der Waals surface area (Å²) in [6.07, 6.45) is 3.24. The van der Waals surface area contributed by atoms with Crippen LogP contribution in [-0.4, -0.2) is 25.7 Å². The van der Waals surface area contributed by atoms with Crippen LogP contribution in [0.4, 0.5) is 0 Å². The van der Waals surface area contributed by atoms with Crippen LogP contribution in [0.5, 0.6) is 5.75 Å². The summed E-state index contributed by atoms with van der Waals surface area (Å²) in [4.78, 5) is 11.2.